The predicted octanol–water partition coefficient (Wildman–Crippen LogP) is 4.02. The Morgan fingerprint density at radius 1 is 0.593 bits per heavy atom. The van der Waals surface area contributed by atoms with Gasteiger partial charge in [0.2, 0.25) is 0 Å². The van der Waals surface area contributed by atoms with Crippen molar-refractivity contribution >= 4 is 51.2 Å². The van der Waals surface area contributed by atoms with Crippen LogP contribution in [0, 0.1) is 0 Å². The Morgan fingerprint density at radius 3 is 1.34 bits per heavy atom. The molecule has 0 radical (unpaired) electrons. The van der Waals surface area contributed by atoms with Crippen molar-refractivity contribution in [1.82, 2.24) is 9.80 Å². The second-order valence-electron chi connectivity index (χ2n) is 18.0. The molecule has 0 aromatic heterocycles. The molecule has 2 saturated heterocycles. The molecular formula is C41H60N4O12Si2. The Labute approximate surface area is 348 Å². The number of carbonyl (C=O) groups is 4. The second kappa shape index (κ2) is 18.2. The Hall–Kier alpha value is -4.21. The summed E-state index contributed by atoms with van der Waals surface area (Å²) in [5, 5.41) is 20.8. The van der Waals surface area contributed by atoms with E-state index < -0.39 is 40.4 Å². The highest BCUT2D eigenvalue weighted by atomic mass is 28.3. The van der Waals surface area contributed by atoms with E-state index in [0.717, 1.165) is 12.1 Å². The second-order valence-corrected chi connectivity index (χ2v) is 29.3. The summed E-state index contributed by atoms with van der Waals surface area (Å²) in [4.78, 5) is 61.3. The molecule has 16 nitrogen and oxygen atoms in total. The average Bonchev–Trinajstić information content (AvgIpc) is 3.74. The Balaban J connectivity index is 1.18. The topological polar surface area (TPSA) is 177 Å². The van der Waals surface area contributed by atoms with Gasteiger partial charge in [0, 0.05) is 73.8 Å². The average molecular weight is 857 g/mol. The first-order valence-corrected chi connectivity index (χ1v) is 27.8. The molecule has 4 amide bonds. The van der Waals surface area contributed by atoms with Crippen LogP contribution in [0.4, 0.5) is 11.4 Å². The molecular weight excluding hydrogens is 797 g/mol. The third kappa shape index (κ3) is 10.1. The lowest BCUT2D eigenvalue weighted by Crippen LogP contribution is -2.45. The molecule has 0 bridgehead atoms. The molecule has 59 heavy (non-hydrogen) atoms. The number of aliphatic hydroxyl groups is 2. The van der Waals surface area contributed by atoms with E-state index in [9.17, 15) is 29.4 Å². The van der Waals surface area contributed by atoms with Crippen LogP contribution in [0.3, 0.4) is 0 Å². The highest BCUT2D eigenvalue weighted by Crippen LogP contribution is 2.42. The molecule has 4 atom stereocenters. The summed E-state index contributed by atoms with van der Waals surface area (Å²) in [5.74, 6) is -0.211. The molecule has 0 saturated carbocycles. The lowest BCUT2D eigenvalue weighted by molar-refractivity contribution is -0.124. The summed E-state index contributed by atoms with van der Waals surface area (Å²) in [6, 6.07) is 6.54. The molecule has 0 unspecified atom stereocenters. The first-order chi connectivity index (χ1) is 27.9. The standard InChI is InChI=1S/C41H60N4O12Si2/c1-52-34-18-28-30(44(24-54-12-14-58(3,4)5)40(50)32-16-26(46)22-42(32)38(28)48)20-36(34)56-10-9-11-57-37-21-31-29(19-35(37)53-2)39(49)43-23-27(47)17-33(43)41(51)45(31)25-55-13-15-59(6,7)8/h18-21,26-27,32-33,46-47H,9-17,22-25H2,1-8H3/t26-,27-,32+,33+/m1/s1. The Kier molecular flexibility index (Phi) is 13.7. The molecule has 4 heterocycles. The smallest absolute Gasteiger partial charge is 0.256 e. The molecule has 324 valence electrons. The lowest BCUT2D eigenvalue weighted by Gasteiger charge is -2.26. The van der Waals surface area contributed by atoms with Crippen LogP contribution in [-0.4, -0.2) is 151 Å². The summed E-state index contributed by atoms with van der Waals surface area (Å²) in [7, 11) is 0.117. The normalized spacial score (nSPS) is 21.9. The van der Waals surface area contributed by atoms with Gasteiger partial charge in [0.05, 0.1) is 62.1 Å². The summed E-state index contributed by atoms with van der Waals surface area (Å²) in [6.45, 7) is 14.7. The summed E-state index contributed by atoms with van der Waals surface area (Å²) < 4.78 is 35.8. The van der Waals surface area contributed by atoms with Crippen molar-refractivity contribution < 1.29 is 57.8 Å². The van der Waals surface area contributed by atoms with E-state index in [4.69, 9.17) is 28.4 Å². The zero-order chi connectivity index (χ0) is 42.8. The molecule has 2 fully saturated rings. The number of methoxy groups -OCH3 is 2. The van der Waals surface area contributed by atoms with Gasteiger partial charge in [-0.25, -0.2) is 0 Å². The molecule has 2 aromatic carbocycles. The van der Waals surface area contributed by atoms with E-state index in [1.807, 2.05) is 0 Å². The first kappa shape index (κ1) is 44.3. The van der Waals surface area contributed by atoms with Crippen molar-refractivity contribution in [2.75, 3.05) is 77.0 Å². The van der Waals surface area contributed by atoms with Gasteiger partial charge in [-0.3, -0.25) is 29.0 Å². The van der Waals surface area contributed by atoms with Crippen LogP contribution in [0.2, 0.25) is 51.4 Å². The van der Waals surface area contributed by atoms with Crippen LogP contribution in [0.1, 0.15) is 40.0 Å². The molecule has 4 aliphatic rings. The number of fused-ring (bicyclic) bond motifs is 4. The van der Waals surface area contributed by atoms with Crippen molar-refractivity contribution in [1.29, 1.82) is 0 Å². The maximum absolute atomic E-state index is 13.9. The van der Waals surface area contributed by atoms with E-state index in [1.54, 1.807) is 24.3 Å². The van der Waals surface area contributed by atoms with Crippen LogP contribution < -0.4 is 28.7 Å². The van der Waals surface area contributed by atoms with E-state index in [0.29, 0.717) is 54.0 Å². The third-order valence-corrected chi connectivity index (χ3v) is 14.4. The van der Waals surface area contributed by atoms with E-state index in [2.05, 4.69) is 39.3 Å². The van der Waals surface area contributed by atoms with Gasteiger partial charge in [0.25, 0.3) is 23.6 Å². The fourth-order valence-corrected chi connectivity index (χ4v) is 9.15. The maximum Gasteiger partial charge on any atom is 0.256 e. The van der Waals surface area contributed by atoms with Gasteiger partial charge in [-0.05, 0) is 24.2 Å². The van der Waals surface area contributed by atoms with Crippen molar-refractivity contribution in [3.8, 4) is 23.0 Å². The largest absolute Gasteiger partial charge is 0.493 e. The number of carbonyl (C=O) groups excluding carboxylic acids is 4. The van der Waals surface area contributed by atoms with Crippen molar-refractivity contribution in [3.05, 3.63) is 35.4 Å². The van der Waals surface area contributed by atoms with Gasteiger partial charge in [-0.2, -0.15) is 0 Å². The number of ether oxygens (including phenoxy) is 6. The van der Waals surface area contributed by atoms with Gasteiger partial charge in [-0.1, -0.05) is 39.3 Å². The number of nitrogens with zero attached hydrogens (tertiary/aromatic N) is 4. The van der Waals surface area contributed by atoms with Crippen LogP contribution in [0.15, 0.2) is 24.3 Å². The van der Waals surface area contributed by atoms with Crippen LogP contribution in [-0.2, 0) is 19.1 Å². The van der Waals surface area contributed by atoms with E-state index >= 15 is 0 Å². The number of benzene rings is 2. The molecule has 0 aliphatic carbocycles. The van der Waals surface area contributed by atoms with Crippen LogP contribution in [0.25, 0.3) is 0 Å². The molecule has 0 spiro atoms. The molecule has 4 aliphatic heterocycles. The van der Waals surface area contributed by atoms with Gasteiger partial charge in [0.15, 0.2) is 23.0 Å². The van der Waals surface area contributed by atoms with Crippen LogP contribution >= 0.6 is 0 Å². The number of aliphatic hydroxyl groups excluding tert-OH is 2. The summed E-state index contributed by atoms with van der Waals surface area (Å²) in [6.07, 6.45) is -0.960. The molecule has 18 heteroatoms. The number of rotatable bonds is 18. The SMILES string of the molecule is COc1cc2c(cc1OCCCOc1cc3c(cc1OC)C(=O)N1C[C@H](O)C[C@H]1C(=O)N3COCC[Si](C)(C)C)N(COCC[Si](C)(C)C)C(=O)[C@@H]1C[C@@H](O)CN1C2=O. The minimum Gasteiger partial charge on any atom is -0.493 e. The Bertz CT molecular complexity index is 1770. The highest BCUT2D eigenvalue weighted by Gasteiger charge is 2.47. The van der Waals surface area contributed by atoms with Gasteiger partial charge in [-0.15, -0.1) is 0 Å². The van der Waals surface area contributed by atoms with Gasteiger partial charge < -0.3 is 48.4 Å². The van der Waals surface area contributed by atoms with Gasteiger partial charge in [0.1, 0.15) is 25.5 Å². The minimum absolute atomic E-state index is 0.0504. The molecule has 2 N–H and O–H groups in total. The predicted molar refractivity (Wildman–Crippen MR) is 225 cm³/mol. The zero-order valence-electron chi connectivity index (χ0n) is 35.6. The van der Waals surface area contributed by atoms with Gasteiger partial charge >= 0.3 is 0 Å². The molecule has 2 aromatic rings. The monoisotopic (exact) mass is 856 g/mol. The van der Waals surface area contributed by atoms with Crippen LogP contribution in [0.5, 0.6) is 23.0 Å². The summed E-state index contributed by atoms with van der Waals surface area (Å²) in [5.41, 5.74) is 1.17. The first-order valence-electron chi connectivity index (χ1n) is 20.4. The summed E-state index contributed by atoms with van der Waals surface area (Å²) >= 11 is 0. The number of hydrogen-bond donors (Lipinski definition) is 2. The third-order valence-electron chi connectivity index (χ3n) is 11.0. The quantitative estimate of drug-likeness (QED) is 0.163. The number of amides is 4. The maximum atomic E-state index is 13.9. The van der Waals surface area contributed by atoms with E-state index in [1.165, 1.54) is 33.8 Å². The number of hydrogen-bond acceptors (Lipinski definition) is 12. The highest BCUT2D eigenvalue weighted by molar-refractivity contribution is 6.76. The number of anilines is 2. The Morgan fingerprint density at radius 2 is 0.983 bits per heavy atom. The van der Waals surface area contributed by atoms with Crippen molar-refractivity contribution in [2.45, 2.75) is 94.9 Å². The zero-order valence-corrected chi connectivity index (χ0v) is 37.6. The fourth-order valence-electron chi connectivity index (χ4n) is 7.64. The minimum atomic E-state index is -1.41. The van der Waals surface area contributed by atoms with E-state index in [-0.39, 0.29) is 87.4 Å². The lowest BCUT2D eigenvalue weighted by atomic mass is 10.1. The fraction of sp³-hybridized carbons (Fsp3) is 0.610. The van der Waals surface area contributed by atoms with Crippen molar-refractivity contribution in [3.63, 3.8) is 0 Å². The van der Waals surface area contributed by atoms with Crippen molar-refractivity contribution in [2.24, 2.45) is 0 Å². The molecule has 6 rings (SSSR count).